The van der Waals surface area contributed by atoms with Crippen LogP contribution in [-0.2, 0) is 9.53 Å². The second-order valence-corrected chi connectivity index (χ2v) is 9.60. The van der Waals surface area contributed by atoms with Crippen LogP contribution in [0.4, 0.5) is 13.2 Å². The van der Waals surface area contributed by atoms with Crippen molar-refractivity contribution in [1.29, 1.82) is 0 Å². The highest BCUT2D eigenvalue weighted by Gasteiger charge is 2.40. The second kappa shape index (κ2) is 10.0. The molecule has 0 amide bonds. The first-order valence-electron chi connectivity index (χ1n) is 12.1. The topological polar surface area (TPSA) is 68.2 Å². The van der Waals surface area contributed by atoms with Crippen LogP contribution in [0.25, 0.3) is 6.08 Å². The van der Waals surface area contributed by atoms with E-state index in [1.165, 1.54) is 6.08 Å². The molecule has 192 valence electrons. The molecule has 9 heteroatoms. The highest BCUT2D eigenvalue weighted by atomic mass is 19.4. The molecule has 0 aromatic heterocycles. The van der Waals surface area contributed by atoms with Crippen LogP contribution in [0.15, 0.2) is 58.9 Å². The standard InChI is InChI=1S/C27H28F3NO5/c28-27(29,30)23-12-17(1-6-24(23)36-21-4-5-21)15-34-22-3-2-20-11-18(16-35-25(20)13-22)14-31-9-7-19(8-10-31)26(32)33/h1-3,6-7,11,13,17,21H,4-5,8-10,12,14-16H2,(H,32,33). The van der Waals surface area contributed by atoms with E-state index in [1.54, 1.807) is 24.3 Å². The third-order valence-corrected chi connectivity index (χ3v) is 6.66. The van der Waals surface area contributed by atoms with Crippen LogP contribution >= 0.6 is 0 Å². The highest BCUT2D eigenvalue weighted by molar-refractivity contribution is 5.86. The van der Waals surface area contributed by atoms with E-state index in [1.807, 2.05) is 6.07 Å². The van der Waals surface area contributed by atoms with Gasteiger partial charge in [-0.15, -0.1) is 0 Å². The zero-order valence-corrected chi connectivity index (χ0v) is 19.7. The highest BCUT2D eigenvalue weighted by Crippen LogP contribution is 2.40. The van der Waals surface area contributed by atoms with Crippen LogP contribution in [-0.4, -0.2) is 61.1 Å². The van der Waals surface area contributed by atoms with Crippen molar-refractivity contribution < 1.29 is 37.3 Å². The maximum atomic E-state index is 13.6. The van der Waals surface area contributed by atoms with Gasteiger partial charge in [0.05, 0.1) is 18.3 Å². The number of alkyl halides is 3. The van der Waals surface area contributed by atoms with Gasteiger partial charge in [0.1, 0.15) is 23.9 Å². The third kappa shape index (κ3) is 5.95. The van der Waals surface area contributed by atoms with E-state index in [0.29, 0.717) is 49.7 Å². The molecule has 5 rings (SSSR count). The number of fused-ring (bicyclic) bond motifs is 1. The third-order valence-electron chi connectivity index (χ3n) is 6.66. The molecule has 4 aliphatic rings. The van der Waals surface area contributed by atoms with E-state index in [9.17, 15) is 18.0 Å². The molecule has 2 aliphatic carbocycles. The lowest BCUT2D eigenvalue weighted by atomic mass is 9.93. The maximum absolute atomic E-state index is 13.6. The number of hydrogen-bond donors (Lipinski definition) is 1. The Morgan fingerprint density at radius 1 is 1.25 bits per heavy atom. The summed E-state index contributed by atoms with van der Waals surface area (Å²) in [5, 5.41) is 9.09. The fraction of sp³-hybridized carbons (Fsp3) is 0.444. The van der Waals surface area contributed by atoms with Crippen molar-refractivity contribution >= 4 is 12.0 Å². The average Bonchev–Trinajstić information content (AvgIpc) is 3.67. The Hall–Kier alpha value is -3.20. The van der Waals surface area contributed by atoms with Crippen molar-refractivity contribution in [1.82, 2.24) is 4.90 Å². The summed E-state index contributed by atoms with van der Waals surface area (Å²) < 4.78 is 57.9. The van der Waals surface area contributed by atoms with Crippen LogP contribution in [0.5, 0.6) is 11.5 Å². The first kappa shape index (κ1) is 24.5. The molecule has 1 aromatic rings. The van der Waals surface area contributed by atoms with E-state index in [-0.39, 0.29) is 24.9 Å². The minimum atomic E-state index is -4.43. The van der Waals surface area contributed by atoms with Gasteiger partial charge in [-0.2, -0.15) is 13.2 Å². The molecule has 1 saturated carbocycles. The molecule has 1 N–H and O–H groups in total. The molecule has 1 fully saturated rings. The minimum Gasteiger partial charge on any atom is -0.493 e. The fourth-order valence-electron chi connectivity index (χ4n) is 4.51. The van der Waals surface area contributed by atoms with E-state index in [0.717, 1.165) is 24.0 Å². The summed E-state index contributed by atoms with van der Waals surface area (Å²) in [5.41, 5.74) is 1.83. The molecule has 1 atom stereocenters. The fourth-order valence-corrected chi connectivity index (χ4v) is 4.51. The van der Waals surface area contributed by atoms with Crippen molar-refractivity contribution in [2.24, 2.45) is 5.92 Å². The zero-order chi connectivity index (χ0) is 25.3. The number of hydrogen-bond acceptors (Lipinski definition) is 5. The first-order valence-corrected chi connectivity index (χ1v) is 12.1. The summed E-state index contributed by atoms with van der Waals surface area (Å²) in [7, 11) is 0. The Bertz CT molecular complexity index is 1150. The lowest BCUT2D eigenvalue weighted by molar-refractivity contribution is -0.133. The van der Waals surface area contributed by atoms with Crippen molar-refractivity contribution in [3.8, 4) is 11.5 Å². The first-order chi connectivity index (χ1) is 17.2. The molecule has 0 saturated heterocycles. The molecule has 2 heterocycles. The number of nitrogens with zero attached hydrogens (tertiary/aromatic N) is 1. The van der Waals surface area contributed by atoms with Crippen molar-refractivity contribution in [3.05, 3.63) is 64.5 Å². The molecular weight excluding hydrogens is 475 g/mol. The number of benzene rings is 1. The van der Waals surface area contributed by atoms with Gasteiger partial charge in [-0.1, -0.05) is 12.2 Å². The maximum Gasteiger partial charge on any atom is 0.416 e. The van der Waals surface area contributed by atoms with E-state index in [2.05, 4.69) is 11.0 Å². The predicted molar refractivity (Wildman–Crippen MR) is 127 cm³/mol. The van der Waals surface area contributed by atoms with Crippen LogP contribution in [0.2, 0.25) is 0 Å². The van der Waals surface area contributed by atoms with Gasteiger partial charge in [-0.05, 0) is 55.5 Å². The number of aliphatic carboxylic acids is 1. The number of halogens is 3. The van der Waals surface area contributed by atoms with Crippen molar-refractivity contribution in [2.45, 2.75) is 38.0 Å². The van der Waals surface area contributed by atoms with Gasteiger partial charge in [-0.3, -0.25) is 4.90 Å². The lowest BCUT2D eigenvalue weighted by Crippen LogP contribution is -2.33. The normalized spacial score (nSPS) is 22.4. The van der Waals surface area contributed by atoms with Gasteiger partial charge >= 0.3 is 12.1 Å². The summed E-state index contributed by atoms with van der Waals surface area (Å²) in [6.07, 6.45) is 4.40. The Labute approximate surface area is 207 Å². The van der Waals surface area contributed by atoms with Crippen molar-refractivity contribution in [2.75, 3.05) is 32.8 Å². The van der Waals surface area contributed by atoms with Gasteiger partial charge in [0.15, 0.2) is 0 Å². The number of allylic oxidation sites excluding steroid dienone is 2. The molecule has 0 bridgehead atoms. The van der Waals surface area contributed by atoms with Gasteiger partial charge in [0.25, 0.3) is 0 Å². The van der Waals surface area contributed by atoms with Gasteiger partial charge in [0.2, 0.25) is 0 Å². The summed E-state index contributed by atoms with van der Waals surface area (Å²) >= 11 is 0. The Morgan fingerprint density at radius 2 is 2.08 bits per heavy atom. The quantitative estimate of drug-likeness (QED) is 0.531. The van der Waals surface area contributed by atoms with Crippen LogP contribution in [0, 0.1) is 5.92 Å². The van der Waals surface area contributed by atoms with Crippen LogP contribution in [0.1, 0.15) is 31.2 Å². The summed E-state index contributed by atoms with van der Waals surface area (Å²) in [6, 6.07) is 5.43. The van der Waals surface area contributed by atoms with Gasteiger partial charge in [0, 0.05) is 42.8 Å². The number of rotatable bonds is 8. The Balaban J connectivity index is 1.17. The molecule has 1 unspecified atom stereocenters. The molecule has 6 nitrogen and oxygen atoms in total. The average molecular weight is 504 g/mol. The molecule has 0 radical (unpaired) electrons. The lowest BCUT2D eigenvalue weighted by Gasteiger charge is -2.28. The zero-order valence-electron chi connectivity index (χ0n) is 19.7. The van der Waals surface area contributed by atoms with E-state index in [4.69, 9.17) is 19.3 Å². The number of ether oxygens (including phenoxy) is 3. The molecular formula is C27H28F3NO5. The summed E-state index contributed by atoms with van der Waals surface area (Å²) in [5.74, 6) is -0.117. The second-order valence-electron chi connectivity index (χ2n) is 9.60. The SMILES string of the molecule is O=C(O)C1=CCN(CC2=Cc3ccc(OCC4C=CC(OC5CC5)=C(C(F)(F)F)C4)cc3OC2)CC1. The summed E-state index contributed by atoms with van der Waals surface area (Å²) in [4.78, 5) is 13.2. The van der Waals surface area contributed by atoms with Crippen molar-refractivity contribution in [3.63, 3.8) is 0 Å². The van der Waals surface area contributed by atoms with E-state index >= 15 is 0 Å². The van der Waals surface area contributed by atoms with Crippen LogP contribution < -0.4 is 9.47 Å². The van der Waals surface area contributed by atoms with Gasteiger partial charge in [-0.25, -0.2) is 4.79 Å². The number of carboxylic acids is 1. The monoisotopic (exact) mass is 503 g/mol. The number of carboxylic acid groups (broad SMARTS) is 1. The molecule has 36 heavy (non-hydrogen) atoms. The predicted octanol–water partition coefficient (Wildman–Crippen LogP) is 5.13. The van der Waals surface area contributed by atoms with Crippen LogP contribution in [0.3, 0.4) is 0 Å². The number of carbonyl (C=O) groups is 1. The van der Waals surface area contributed by atoms with Gasteiger partial charge < -0.3 is 19.3 Å². The molecule has 0 spiro atoms. The smallest absolute Gasteiger partial charge is 0.416 e. The summed E-state index contributed by atoms with van der Waals surface area (Å²) in [6.45, 7) is 2.50. The molecule has 2 aliphatic heterocycles. The largest absolute Gasteiger partial charge is 0.493 e. The molecule has 1 aromatic carbocycles. The Morgan fingerprint density at radius 3 is 2.78 bits per heavy atom. The van der Waals surface area contributed by atoms with E-state index < -0.39 is 23.6 Å². The minimum absolute atomic E-state index is 0.0612. The Kier molecular flexibility index (Phi) is 6.83.